The maximum Gasteiger partial charge on any atom is 0.411 e. The Morgan fingerprint density at radius 1 is 1.17 bits per heavy atom. The number of halogens is 2. The number of amides is 3. The Kier molecular flexibility index (Phi) is 9.96. The standard InChI is InChI=1S/C33H35ClFN7O4/c1-18-13-14-36-26-16-21(15-18)25(38-32(44)30-20(3)42(41-40-30)28-10-6-8-24(34)29(28)35)9-5-7-19(2)31(43)39-27-17-22(11-12-23(26)27)37-33(45)46-4/h6,8,10-12,14-19,25H,5,7,9,13H2,1-4H3,(H,37,45)(H,38,44)(H,39,43). The number of ether oxygens (including phenoxy) is 1. The first-order chi connectivity index (χ1) is 22.0. The number of carbonyl (C=O) groups is 3. The fourth-order valence-corrected chi connectivity index (χ4v) is 5.60. The van der Waals surface area contributed by atoms with Gasteiger partial charge < -0.3 is 15.4 Å². The lowest BCUT2D eigenvalue weighted by atomic mass is 9.91. The molecule has 2 aliphatic rings. The Labute approximate surface area is 270 Å². The minimum absolute atomic E-state index is 0.0518. The van der Waals surface area contributed by atoms with Crippen LogP contribution in [0.25, 0.3) is 11.4 Å². The molecule has 240 valence electrons. The molecule has 11 nitrogen and oxygen atoms in total. The zero-order chi connectivity index (χ0) is 33.0. The van der Waals surface area contributed by atoms with Gasteiger partial charge in [-0.15, -0.1) is 5.10 Å². The SMILES string of the molecule is COC(=O)Nc1ccc2c(c1)NC(=O)C(C)CCCC(NC(=O)c1nnn(-c3cccc(Cl)c3F)c1C)C1=CC(C)CC=NC2=C1. The average molecular weight is 648 g/mol. The third-order valence-electron chi connectivity index (χ3n) is 8.03. The van der Waals surface area contributed by atoms with Gasteiger partial charge in [-0.1, -0.05) is 49.2 Å². The van der Waals surface area contributed by atoms with Gasteiger partial charge in [0.1, 0.15) is 5.69 Å². The van der Waals surface area contributed by atoms with Crippen molar-refractivity contribution in [1.82, 2.24) is 20.3 Å². The van der Waals surface area contributed by atoms with Crippen LogP contribution in [0, 0.1) is 24.6 Å². The normalized spacial score (nSPS) is 20.0. The van der Waals surface area contributed by atoms with Crippen molar-refractivity contribution in [3.8, 4) is 5.69 Å². The van der Waals surface area contributed by atoms with Crippen molar-refractivity contribution in [3.05, 3.63) is 81.9 Å². The Bertz CT molecular complexity index is 1770. The van der Waals surface area contributed by atoms with E-state index in [0.29, 0.717) is 54.0 Å². The Hall–Kier alpha value is -4.84. The highest BCUT2D eigenvalue weighted by Crippen LogP contribution is 2.33. The summed E-state index contributed by atoms with van der Waals surface area (Å²) in [7, 11) is 1.27. The number of aliphatic imine (C=N–C) groups is 1. The third-order valence-corrected chi connectivity index (χ3v) is 8.32. The van der Waals surface area contributed by atoms with E-state index in [2.05, 4.69) is 39.3 Å². The van der Waals surface area contributed by atoms with Crippen LogP contribution in [0.3, 0.4) is 0 Å². The summed E-state index contributed by atoms with van der Waals surface area (Å²) in [5.74, 6) is -1.53. The molecule has 3 amide bonds. The van der Waals surface area contributed by atoms with Gasteiger partial charge in [-0.3, -0.25) is 19.9 Å². The molecule has 0 spiro atoms. The molecular formula is C33H35ClFN7O4. The molecule has 0 saturated heterocycles. The first kappa shape index (κ1) is 32.6. The minimum Gasteiger partial charge on any atom is -0.453 e. The molecule has 5 rings (SSSR count). The number of aromatic nitrogens is 3. The van der Waals surface area contributed by atoms with E-state index in [1.54, 1.807) is 31.2 Å². The third kappa shape index (κ3) is 7.17. The van der Waals surface area contributed by atoms with E-state index < -0.39 is 23.9 Å². The van der Waals surface area contributed by atoms with Gasteiger partial charge in [-0.2, -0.15) is 0 Å². The number of fused-ring (bicyclic) bond motifs is 3. The second kappa shape index (κ2) is 14.1. The van der Waals surface area contributed by atoms with Gasteiger partial charge in [-0.25, -0.2) is 13.9 Å². The fraction of sp³-hybridized carbons (Fsp3) is 0.333. The van der Waals surface area contributed by atoms with Crippen LogP contribution in [-0.4, -0.2) is 52.3 Å². The van der Waals surface area contributed by atoms with E-state index in [1.807, 2.05) is 19.2 Å². The molecule has 0 saturated carbocycles. The van der Waals surface area contributed by atoms with Gasteiger partial charge in [0.05, 0.1) is 35.3 Å². The van der Waals surface area contributed by atoms with Crippen LogP contribution in [0.15, 0.2) is 59.1 Å². The first-order valence-electron chi connectivity index (χ1n) is 15.0. The largest absolute Gasteiger partial charge is 0.453 e. The molecule has 2 bridgehead atoms. The summed E-state index contributed by atoms with van der Waals surface area (Å²) in [5.41, 5.74) is 3.46. The molecule has 3 atom stereocenters. The van der Waals surface area contributed by atoms with Gasteiger partial charge >= 0.3 is 6.09 Å². The molecule has 3 N–H and O–H groups in total. The molecule has 3 unspecified atom stereocenters. The topological polar surface area (TPSA) is 140 Å². The van der Waals surface area contributed by atoms with E-state index in [-0.39, 0.29) is 34.1 Å². The average Bonchev–Trinajstić information content (AvgIpc) is 3.40. The quantitative estimate of drug-likeness (QED) is 0.296. The van der Waals surface area contributed by atoms with Crippen LogP contribution in [0.5, 0.6) is 0 Å². The van der Waals surface area contributed by atoms with Crippen molar-refractivity contribution in [1.29, 1.82) is 0 Å². The first-order valence-corrected chi connectivity index (χ1v) is 15.4. The van der Waals surface area contributed by atoms with Crippen LogP contribution < -0.4 is 16.0 Å². The van der Waals surface area contributed by atoms with Crippen molar-refractivity contribution in [2.24, 2.45) is 16.8 Å². The summed E-state index contributed by atoms with van der Waals surface area (Å²) in [6.07, 6.45) is 7.60. The molecule has 3 heterocycles. The van der Waals surface area contributed by atoms with Crippen LogP contribution >= 0.6 is 11.6 Å². The zero-order valence-electron chi connectivity index (χ0n) is 25.9. The van der Waals surface area contributed by atoms with E-state index in [4.69, 9.17) is 21.3 Å². The van der Waals surface area contributed by atoms with Gasteiger partial charge in [0.25, 0.3) is 5.91 Å². The molecule has 46 heavy (non-hydrogen) atoms. The van der Waals surface area contributed by atoms with E-state index in [9.17, 15) is 18.8 Å². The summed E-state index contributed by atoms with van der Waals surface area (Å²) in [6, 6.07) is 9.22. The van der Waals surface area contributed by atoms with Crippen LogP contribution in [-0.2, 0) is 9.53 Å². The zero-order valence-corrected chi connectivity index (χ0v) is 26.7. The number of hydrogen-bond donors (Lipinski definition) is 3. The number of methoxy groups -OCH3 is 1. The van der Waals surface area contributed by atoms with E-state index in [0.717, 1.165) is 5.57 Å². The summed E-state index contributed by atoms with van der Waals surface area (Å²) in [6.45, 7) is 5.56. The molecule has 3 aromatic rings. The summed E-state index contributed by atoms with van der Waals surface area (Å²) < 4.78 is 20.8. The van der Waals surface area contributed by atoms with Crippen molar-refractivity contribution < 1.29 is 23.5 Å². The number of allylic oxidation sites excluding steroid dienone is 1. The molecule has 2 aliphatic heterocycles. The predicted octanol–water partition coefficient (Wildman–Crippen LogP) is 6.48. The molecule has 0 fully saturated rings. The van der Waals surface area contributed by atoms with E-state index >= 15 is 0 Å². The summed E-state index contributed by atoms with van der Waals surface area (Å²) >= 11 is 5.98. The number of nitrogens with zero attached hydrogens (tertiary/aromatic N) is 4. The second-order valence-corrected chi connectivity index (χ2v) is 11.9. The molecule has 13 heteroatoms. The highest BCUT2D eigenvalue weighted by atomic mass is 35.5. The smallest absolute Gasteiger partial charge is 0.411 e. The Balaban J connectivity index is 1.54. The van der Waals surface area contributed by atoms with Crippen LogP contribution in [0.2, 0.25) is 5.02 Å². The van der Waals surface area contributed by atoms with Gasteiger partial charge in [0.15, 0.2) is 11.5 Å². The lowest BCUT2D eigenvalue weighted by Crippen LogP contribution is -2.37. The monoisotopic (exact) mass is 647 g/mol. The van der Waals surface area contributed by atoms with Crippen molar-refractivity contribution in [2.45, 2.75) is 52.5 Å². The molecule has 2 aromatic carbocycles. The van der Waals surface area contributed by atoms with Crippen LogP contribution in [0.4, 0.5) is 20.6 Å². The Morgan fingerprint density at radius 3 is 2.76 bits per heavy atom. The second-order valence-electron chi connectivity index (χ2n) is 11.5. The van der Waals surface area contributed by atoms with E-state index in [1.165, 1.54) is 23.9 Å². The van der Waals surface area contributed by atoms with Gasteiger partial charge in [0.2, 0.25) is 5.91 Å². The maximum atomic E-state index is 14.8. The molecule has 1 aromatic heterocycles. The van der Waals surface area contributed by atoms with Gasteiger partial charge in [0, 0.05) is 23.4 Å². The van der Waals surface area contributed by atoms with Crippen molar-refractivity contribution in [3.63, 3.8) is 0 Å². The number of anilines is 2. The fourth-order valence-electron chi connectivity index (χ4n) is 5.43. The van der Waals surface area contributed by atoms with Crippen LogP contribution in [0.1, 0.15) is 61.3 Å². The van der Waals surface area contributed by atoms with Crippen molar-refractivity contribution in [2.75, 3.05) is 17.7 Å². The van der Waals surface area contributed by atoms with Gasteiger partial charge in [-0.05, 0) is 74.1 Å². The summed E-state index contributed by atoms with van der Waals surface area (Å²) in [4.78, 5) is 43.6. The molecule has 0 aliphatic carbocycles. The molecular weight excluding hydrogens is 613 g/mol. The Morgan fingerprint density at radius 2 is 1.98 bits per heavy atom. The highest BCUT2D eigenvalue weighted by Gasteiger charge is 2.26. The summed E-state index contributed by atoms with van der Waals surface area (Å²) in [5, 5.41) is 16.8. The highest BCUT2D eigenvalue weighted by molar-refractivity contribution is 6.30. The minimum atomic E-state index is -0.665. The molecule has 0 radical (unpaired) electrons. The maximum absolute atomic E-state index is 14.8. The van der Waals surface area contributed by atoms with Crippen molar-refractivity contribution >= 4 is 52.8 Å². The lowest BCUT2D eigenvalue weighted by Gasteiger charge is -2.25. The number of carbonyl (C=O) groups excluding carboxylic acids is 3. The lowest BCUT2D eigenvalue weighted by molar-refractivity contribution is -0.119. The number of rotatable bonds is 4. The number of nitrogens with one attached hydrogen (secondary N) is 3. The number of hydrogen-bond acceptors (Lipinski definition) is 7. The predicted molar refractivity (Wildman–Crippen MR) is 175 cm³/mol. The number of benzene rings is 2.